The minimum Gasteiger partial charge on any atom is -0.370 e. The highest BCUT2D eigenvalue weighted by Crippen LogP contribution is 2.63. The van der Waals surface area contributed by atoms with Gasteiger partial charge in [-0.1, -0.05) is 24.1 Å². The number of fused-ring (bicyclic) bond motifs is 2. The van der Waals surface area contributed by atoms with Gasteiger partial charge in [0.15, 0.2) is 0 Å². The highest BCUT2D eigenvalue weighted by Gasteiger charge is 2.53. The number of rotatable bonds is 10. The number of halogens is 2. The van der Waals surface area contributed by atoms with E-state index in [1.165, 1.54) is 13.4 Å². The quantitative estimate of drug-likeness (QED) is 0.164. The van der Waals surface area contributed by atoms with Crippen molar-refractivity contribution in [2.45, 2.75) is 106 Å². The summed E-state index contributed by atoms with van der Waals surface area (Å²) in [7, 11) is -0.234. The van der Waals surface area contributed by atoms with Gasteiger partial charge in [0.1, 0.15) is 22.4 Å². The van der Waals surface area contributed by atoms with Gasteiger partial charge in [-0.3, -0.25) is 33.4 Å². The summed E-state index contributed by atoms with van der Waals surface area (Å²) in [5.74, 6) is -0.545. The van der Waals surface area contributed by atoms with Gasteiger partial charge in [-0.25, -0.2) is 22.6 Å². The molecule has 19 heteroatoms. The highest BCUT2D eigenvalue weighted by atomic mass is 35.5. The second-order valence-corrected chi connectivity index (χ2v) is 21.4. The van der Waals surface area contributed by atoms with Crippen LogP contribution in [0.1, 0.15) is 88.3 Å². The summed E-state index contributed by atoms with van der Waals surface area (Å²) in [6.45, 7) is 3.52. The van der Waals surface area contributed by atoms with E-state index in [1.54, 1.807) is 48.1 Å². The number of aromatic nitrogens is 5. The maximum atomic E-state index is 16.6. The van der Waals surface area contributed by atoms with Crippen molar-refractivity contribution in [3.63, 3.8) is 0 Å². The van der Waals surface area contributed by atoms with E-state index >= 15 is 4.39 Å². The molecule has 5 aromatic rings. The fourth-order valence-electron chi connectivity index (χ4n) is 11.2. The Labute approximate surface area is 380 Å². The Balaban J connectivity index is 0.762. The van der Waals surface area contributed by atoms with Gasteiger partial charge in [0.05, 0.1) is 21.6 Å². The van der Waals surface area contributed by atoms with Crippen LogP contribution in [-0.2, 0) is 26.7 Å². The summed E-state index contributed by atoms with van der Waals surface area (Å²) in [5.41, 5.74) is 2.02. The Bertz CT molecular complexity index is 2990. The number of hydrogen-bond acceptors (Lipinski definition) is 11. The van der Waals surface area contributed by atoms with E-state index in [2.05, 4.69) is 20.5 Å². The number of benzene rings is 2. The summed E-state index contributed by atoms with van der Waals surface area (Å²) >= 11 is 6.41. The van der Waals surface area contributed by atoms with Crippen LogP contribution in [0.15, 0.2) is 63.1 Å². The first-order valence-electron chi connectivity index (χ1n) is 22.7. The number of pyridine rings is 1. The number of alkyl halides is 1. The molecule has 65 heavy (non-hydrogen) atoms. The maximum absolute atomic E-state index is 16.6. The van der Waals surface area contributed by atoms with Crippen molar-refractivity contribution in [1.82, 2.24) is 38.2 Å². The van der Waals surface area contributed by atoms with Gasteiger partial charge in [0.2, 0.25) is 27.8 Å². The number of carbonyl (C=O) groups is 2. The molecule has 0 bridgehead atoms. The molecule has 2 aromatic carbocycles. The third kappa shape index (κ3) is 7.72. The minimum atomic E-state index is -3.81. The Kier molecular flexibility index (Phi) is 11.0. The molecular formula is C46H54ClFN10O6S. The molecule has 6 heterocycles. The van der Waals surface area contributed by atoms with Crippen LogP contribution in [0.3, 0.4) is 0 Å². The SMILES string of the molecule is Cc1cc(S(=O)(=O)N2CCC(N(C)CC3(F)CCN(c4cccc5c4n(C)c(=O)n5C4CCC(=O)NC4=O)CC3)CC2)ccc1Nc1ncc2cc(Cl)c(=O)n(C3CCCC34CC4)c2n1. The number of para-hydroxylation sites is 1. The van der Waals surface area contributed by atoms with Crippen LogP contribution >= 0.6 is 11.6 Å². The number of hydrogen-bond donors (Lipinski definition) is 2. The lowest BCUT2D eigenvalue weighted by atomic mass is 9.91. The number of nitrogens with one attached hydrogen (secondary N) is 2. The van der Waals surface area contributed by atoms with E-state index in [-0.39, 0.29) is 76.8 Å². The third-order valence-electron chi connectivity index (χ3n) is 15.1. The summed E-state index contributed by atoms with van der Waals surface area (Å²) in [4.78, 5) is 65.1. The largest absolute Gasteiger partial charge is 0.370 e. The maximum Gasteiger partial charge on any atom is 0.329 e. The van der Waals surface area contributed by atoms with E-state index in [0.717, 1.165) is 37.8 Å². The molecule has 344 valence electrons. The van der Waals surface area contributed by atoms with Crippen molar-refractivity contribution >= 4 is 72.8 Å². The van der Waals surface area contributed by atoms with E-state index < -0.39 is 27.6 Å². The molecule has 2 saturated carbocycles. The predicted molar refractivity (Wildman–Crippen MR) is 246 cm³/mol. The number of aryl methyl sites for hydroxylation is 2. The van der Waals surface area contributed by atoms with E-state index in [4.69, 9.17) is 16.6 Å². The number of imide groups is 1. The number of piperidine rings is 3. The molecule has 2 unspecified atom stereocenters. The molecule has 16 nitrogen and oxygen atoms in total. The van der Waals surface area contributed by atoms with Crippen molar-refractivity contribution in [2.24, 2.45) is 12.5 Å². The van der Waals surface area contributed by atoms with Crippen molar-refractivity contribution in [3.8, 4) is 0 Å². The first-order chi connectivity index (χ1) is 31.1. The number of anilines is 3. The van der Waals surface area contributed by atoms with Crippen LogP contribution in [0.2, 0.25) is 5.02 Å². The molecule has 0 radical (unpaired) electrons. The normalized spacial score (nSPS) is 22.6. The molecule has 5 aliphatic rings. The van der Waals surface area contributed by atoms with Gasteiger partial charge in [0, 0.05) is 88.4 Å². The van der Waals surface area contributed by atoms with Crippen LogP contribution in [-0.4, -0.2) is 105 Å². The van der Waals surface area contributed by atoms with E-state index in [9.17, 15) is 27.6 Å². The first kappa shape index (κ1) is 43.7. The monoisotopic (exact) mass is 928 g/mol. The van der Waals surface area contributed by atoms with Crippen LogP contribution in [0, 0.1) is 12.3 Å². The average Bonchev–Trinajstić information content (AvgIpc) is 3.89. The van der Waals surface area contributed by atoms with E-state index in [1.807, 2.05) is 31.0 Å². The Morgan fingerprint density at radius 1 is 0.954 bits per heavy atom. The smallest absolute Gasteiger partial charge is 0.329 e. The Morgan fingerprint density at radius 3 is 2.42 bits per heavy atom. The molecule has 3 aliphatic heterocycles. The van der Waals surface area contributed by atoms with Gasteiger partial charge in [-0.05, 0) is 106 Å². The van der Waals surface area contributed by atoms with Crippen LogP contribution in [0.25, 0.3) is 22.1 Å². The average molecular weight is 930 g/mol. The Morgan fingerprint density at radius 2 is 1.71 bits per heavy atom. The van der Waals surface area contributed by atoms with Gasteiger partial charge < -0.3 is 15.1 Å². The molecule has 3 saturated heterocycles. The fraction of sp³-hybridized carbons (Fsp3) is 0.522. The van der Waals surface area contributed by atoms with Crippen molar-refractivity contribution in [2.75, 3.05) is 50.0 Å². The standard InChI is InChI=1S/C46H54ClFN10O6S/c1-28-24-31(9-10-33(28)50-43-49-26-29-25-32(47)42(61)58(40(29)52-43)37-8-5-15-45(37)16-17-45)65(63,64)56-20-13-30(14-21-56)53(2)27-46(48)18-22-55(23-19-46)34-6-4-7-35-39(34)54(3)44(62)57(35)36-11-12-38(59)51-41(36)60/h4,6-7,9-10,24-26,30,36-37H,5,8,11-23,27H2,1-3H3,(H,49,50,52)(H,51,59,60). The van der Waals surface area contributed by atoms with Gasteiger partial charge in [-0.2, -0.15) is 9.29 Å². The fourth-order valence-corrected chi connectivity index (χ4v) is 13.0. The second kappa shape index (κ2) is 16.3. The van der Waals surface area contributed by atoms with Gasteiger partial charge in [0.25, 0.3) is 5.56 Å². The van der Waals surface area contributed by atoms with E-state index in [0.29, 0.717) is 78.3 Å². The van der Waals surface area contributed by atoms with Gasteiger partial charge in [-0.15, -0.1) is 0 Å². The zero-order chi connectivity index (χ0) is 45.6. The summed E-state index contributed by atoms with van der Waals surface area (Å²) in [6.07, 6.45) is 8.99. The highest BCUT2D eigenvalue weighted by molar-refractivity contribution is 7.89. The third-order valence-corrected chi connectivity index (χ3v) is 17.2. The molecule has 2 N–H and O–H groups in total. The van der Waals surface area contributed by atoms with Crippen LogP contribution in [0.4, 0.5) is 21.7 Å². The molecule has 2 atom stereocenters. The van der Waals surface area contributed by atoms with Crippen LogP contribution < -0.4 is 26.8 Å². The van der Waals surface area contributed by atoms with Crippen molar-refractivity contribution in [1.29, 1.82) is 0 Å². The van der Waals surface area contributed by atoms with Gasteiger partial charge >= 0.3 is 5.69 Å². The number of amides is 2. The molecule has 10 rings (SSSR count). The summed E-state index contributed by atoms with van der Waals surface area (Å²) < 4.78 is 50.8. The molecule has 1 spiro atoms. The topological polar surface area (TPSA) is 177 Å². The molecule has 2 aliphatic carbocycles. The van der Waals surface area contributed by atoms with Crippen LogP contribution in [0.5, 0.6) is 0 Å². The first-order valence-corrected chi connectivity index (χ1v) is 24.5. The Hall–Kier alpha value is -5.17. The molecule has 5 fully saturated rings. The van der Waals surface area contributed by atoms with Crippen molar-refractivity contribution in [3.05, 3.63) is 80.1 Å². The molecule has 3 aromatic heterocycles. The number of imidazole rings is 1. The predicted octanol–water partition coefficient (Wildman–Crippen LogP) is 5.73. The lowest BCUT2D eigenvalue weighted by Gasteiger charge is -2.42. The lowest BCUT2D eigenvalue weighted by molar-refractivity contribution is -0.135. The van der Waals surface area contributed by atoms with Crippen molar-refractivity contribution < 1.29 is 22.4 Å². The second-order valence-electron chi connectivity index (χ2n) is 19.0. The minimum absolute atomic E-state index is 0.00793. The number of nitrogens with zero attached hydrogens (tertiary/aromatic N) is 8. The summed E-state index contributed by atoms with van der Waals surface area (Å²) in [6, 6.07) is 11.4. The summed E-state index contributed by atoms with van der Waals surface area (Å²) in [5, 5.41) is 6.44. The molecule has 2 amide bonds. The molecular weight excluding hydrogens is 875 g/mol. The zero-order valence-corrected chi connectivity index (χ0v) is 38.4. The number of carbonyl (C=O) groups excluding carboxylic acids is 2. The lowest BCUT2D eigenvalue weighted by Crippen LogP contribution is -2.52. The number of sulfonamides is 1. The zero-order valence-electron chi connectivity index (χ0n) is 36.9.